The summed E-state index contributed by atoms with van der Waals surface area (Å²) in [5.74, 6) is 0. The number of amides is 2. The molecule has 1 saturated heterocycles. The van der Waals surface area contributed by atoms with Gasteiger partial charge in [-0.3, -0.25) is 0 Å². The molecule has 2 unspecified atom stereocenters. The Kier molecular flexibility index (Phi) is 6.06. The average molecular weight is 346 g/mol. The number of benzene rings is 1. The van der Waals surface area contributed by atoms with Crippen molar-refractivity contribution in [1.29, 1.82) is 0 Å². The number of morpholine rings is 1. The van der Waals surface area contributed by atoms with Crippen LogP contribution in [0.5, 0.6) is 0 Å². The Morgan fingerprint density at radius 2 is 2.00 bits per heavy atom. The second-order valence-electron chi connectivity index (χ2n) is 5.78. The third-order valence-electron chi connectivity index (χ3n) is 3.69. The largest absolute Gasteiger partial charge is 0.416 e. The zero-order valence-corrected chi connectivity index (χ0v) is 13.6. The number of urea groups is 1. The molecule has 2 amide bonds. The number of rotatable bonds is 4. The quantitative estimate of drug-likeness (QED) is 0.912. The van der Waals surface area contributed by atoms with E-state index < -0.39 is 11.7 Å². The molecule has 0 saturated carbocycles. The van der Waals surface area contributed by atoms with Gasteiger partial charge in [-0.1, -0.05) is 12.1 Å². The Labute approximate surface area is 138 Å². The minimum atomic E-state index is -4.36. The van der Waals surface area contributed by atoms with Gasteiger partial charge < -0.3 is 19.7 Å². The van der Waals surface area contributed by atoms with Crippen molar-refractivity contribution in [2.75, 3.05) is 26.8 Å². The van der Waals surface area contributed by atoms with E-state index in [1.807, 2.05) is 6.92 Å². The third-order valence-corrected chi connectivity index (χ3v) is 3.69. The van der Waals surface area contributed by atoms with Crippen molar-refractivity contribution in [2.24, 2.45) is 0 Å². The molecule has 1 N–H and O–H groups in total. The monoisotopic (exact) mass is 346 g/mol. The summed E-state index contributed by atoms with van der Waals surface area (Å²) in [6, 6.07) is 4.46. The molecule has 5 nitrogen and oxygen atoms in total. The fourth-order valence-corrected chi connectivity index (χ4v) is 2.59. The lowest BCUT2D eigenvalue weighted by molar-refractivity contribution is -0.137. The van der Waals surface area contributed by atoms with Crippen molar-refractivity contribution in [3.8, 4) is 0 Å². The second kappa shape index (κ2) is 7.85. The number of nitrogens with one attached hydrogen (secondary N) is 1. The predicted molar refractivity (Wildman–Crippen MR) is 81.5 cm³/mol. The van der Waals surface area contributed by atoms with Crippen molar-refractivity contribution >= 4 is 6.03 Å². The molecule has 2 rings (SSSR count). The third kappa shape index (κ3) is 5.10. The molecule has 24 heavy (non-hydrogen) atoms. The van der Waals surface area contributed by atoms with Crippen LogP contribution in [0.25, 0.3) is 0 Å². The zero-order valence-electron chi connectivity index (χ0n) is 13.6. The number of hydrogen-bond donors (Lipinski definition) is 1. The molecule has 1 aliphatic rings. The maximum atomic E-state index is 12.5. The van der Waals surface area contributed by atoms with E-state index in [-0.39, 0.29) is 24.8 Å². The highest BCUT2D eigenvalue weighted by Gasteiger charge is 2.30. The first-order valence-electron chi connectivity index (χ1n) is 7.63. The van der Waals surface area contributed by atoms with E-state index in [0.717, 1.165) is 12.1 Å². The van der Waals surface area contributed by atoms with E-state index in [0.29, 0.717) is 25.3 Å². The molecule has 134 valence electrons. The highest BCUT2D eigenvalue weighted by atomic mass is 19.4. The molecule has 1 aliphatic heterocycles. The summed E-state index contributed by atoms with van der Waals surface area (Å²) in [4.78, 5) is 13.9. The van der Waals surface area contributed by atoms with Gasteiger partial charge in [0.1, 0.15) is 0 Å². The van der Waals surface area contributed by atoms with Crippen LogP contribution in [0.1, 0.15) is 18.1 Å². The number of methoxy groups -OCH3 is 1. The van der Waals surface area contributed by atoms with Gasteiger partial charge in [0.05, 0.1) is 30.9 Å². The Balaban J connectivity index is 1.88. The van der Waals surface area contributed by atoms with E-state index in [2.05, 4.69) is 5.32 Å². The van der Waals surface area contributed by atoms with Crippen LogP contribution < -0.4 is 5.32 Å². The average Bonchev–Trinajstić information content (AvgIpc) is 2.52. The van der Waals surface area contributed by atoms with Crippen LogP contribution in [-0.2, 0) is 22.2 Å². The normalized spacial score (nSPS) is 21.6. The van der Waals surface area contributed by atoms with Crippen LogP contribution in [0.2, 0.25) is 0 Å². The van der Waals surface area contributed by atoms with Crippen molar-refractivity contribution in [3.63, 3.8) is 0 Å². The summed E-state index contributed by atoms with van der Waals surface area (Å²) in [6.45, 7) is 3.30. The number of hydrogen-bond acceptors (Lipinski definition) is 3. The van der Waals surface area contributed by atoms with E-state index in [1.165, 1.54) is 12.1 Å². The first kappa shape index (κ1) is 18.5. The molecule has 0 aromatic heterocycles. The number of halogens is 3. The summed E-state index contributed by atoms with van der Waals surface area (Å²) in [5.41, 5.74) is -0.104. The fraction of sp³-hybridized carbons (Fsp3) is 0.562. The SMILES string of the molecule is COCC1CN(C(=O)NCc2ccc(C(F)(F)F)cc2)CC(C)O1. The van der Waals surface area contributed by atoms with Gasteiger partial charge in [-0.25, -0.2) is 4.79 Å². The van der Waals surface area contributed by atoms with E-state index in [4.69, 9.17) is 9.47 Å². The van der Waals surface area contributed by atoms with Crippen LogP contribution >= 0.6 is 0 Å². The Bertz CT molecular complexity index is 548. The first-order chi connectivity index (χ1) is 11.3. The number of carbonyl (C=O) groups excluding carboxylic acids is 1. The van der Waals surface area contributed by atoms with Gasteiger partial charge in [0.25, 0.3) is 0 Å². The molecule has 2 atom stereocenters. The van der Waals surface area contributed by atoms with Crippen molar-refractivity contribution in [1.82, 2.24) is 10.2 Å². The number of carbonyl (C=O) groups is 1. The van der Waals surface area contributed by atoms with Gasteiger partial charge in [-0.15, -0.1) is 0 Å². The molecule has 1 aromatic carbocycles. The lowest BCUT2D eigenvalue weighted by Gasteiger charge is -2.36. The molecular formula is C16H21F3N2O3. The summed E-state index contributed by atoms with van der Waals surface area (Å²) in [6.07, 6.45) is -4.64. The molecule has 1 heterocycles. The summed E-state index contributed by atoms with van der Waals surface area (Å²) < 4.78 is 48.3. The smallest absolute Gasteiger partial charge is 0.382 e. The van der Waals surface area contributed by atoms with Gasteiger partial charge in [0.15, 0.2) is 0 Å². The second-order valence-corrected chi connectivity index (χ2v) is 5.78. The van der Waals surface area contributed by atoms with Crippen LogP contribution in [0.15, 0.2) is 24.3 Å². The standard InChI is InChI=1S/C16H21F3N2O3/c1-11-8-21(9-14(24-11)10-23-2)15(22)20-7-12-3-5-13(6-4-12)16(17,18)19/h3-6,11,14H,7-10H2,1-2H3,(H,20,22). The molecule has 0 aliphatic carbocycles. The maximum absolute atomic E-state index is 12.5. The van der Waals surface area contributed by atoms with Gasteiger partial charge in [-0.05, 0) is 24.6 Å². The highest BCUT2D eigenvalue weighted by Crippen LogP contribution is 2.29. The predicted octanol–water partition coefficient (Wildman–Crippen LogP) is 2.65. The van der Waals surface area contributed by atoms with Gasteiger partial charge in [-0.2, -0.15) is 13.2 Å². The molecule has 1 fully saturated rings. The minimum Gasteiger partial charge on any atom is -0.382 e. The van der Waals surface area contributed by atoms with E-state index >= 15 is 0 Å². The molecule has 0 spiro atoms. The lowest BCUT2D eigenvalue weighted by atomic mass is 10.1. The van der Waals surface area contributed by atoms with Crippen LogP contribution in [0.4, 0.5) is 18.0 Å². The van der Waals surface area contributed by atoms with Crippen LogP contribution in [-0.4, -0.2) is 49.9 Å². The first-order valence-corrected chi connectivity index (χ1v) is 7.63. The van der Waals surface area contributed by atoms with Gasteiger partial charge in [0, 0.05) is 20.2 Å². The van der Waals surface area contributed by atoms with E-state index in [9.17, 15) is 18.0 Å². The van der Waals surface area contributed by atoms with Gasteiger partial charge >= 0.3 is 12.2 Å². The van der Waals surface area contributed by atoms with Crippen LogP contribution in [0, 0.1) is 0 Å². The lowest BCUT2D eigenvalue weighted by Crippen LogP contribution is -2.53. The number of nitrogens with zero attached hydrogens (tertiary/aromatic N) is 1. The summed E-state index contributed by atoms with van der Waals surface area (Å²) in [5, 5.41) is 2.72. The van der Waals surface area contributed by atoms with Crippen LogP contribution in [0.3, 0.4) is 0 Å². The fourth-order valence-electron chi connectivity index (χ4n) is 2.59. The van der Waals surface area contributed by atoms with Gasteiger partial charge in [0.2, 0.25) is 0 Å². The molecule has 8 heteroatoms. The summed E-state index contributed by atoms with van der Waals surface area (Å²) in [7, 11) is 1.57. The highest BCUT2D eigenvalue weighted by molar-refractivity contribution is 5.74. The number of alkyl halides is 3. The Morgan fingerprint density at radius 3 is 2.58 bits per heavy atom. The molecule has 0 bridgehead atoms. The Morgan fingerprint density at radius 1 is 1.33 bits per heavy atom. The topological polar surface area (TPSA) is 50.8 Å². The van der Waals surface area contributed by atoms with Crippen molar-refractivity contribution in [2.45, 2.75) is 31.9 Å². The van der Waals surface area contributed by atoms with Crippen molar-refractivity contribution < 1.29 is 27.4 Å². The minimum absolute atomic E-state index is 0.101. The molecule has 1 aromatic rings. The van der Waals surface area contributed by atoms with E-state index in [1.54, 1.807) is 12.0 Å². The Hall–Kier alpha value is -1.80. The molecular weight excluding hydrogens is 325 g/mol. The number of ether oxygens (including phenoxy) is 2. The van der Waals surface area contributed by atoms with Crippen molar-refractivity contribution in [3.05, 3.63) is 35.4 Å². The zero-order chi connectivity index (χ0) is 17.7. The molecule has 0 radical (unpaired) electrons. The maximum Gasteiger partial charge on any atom is 0.416 e. The summed E-state index contributed by atoms with van der Waals surface area (Å²) >= 11 is 0.